The molecule has 1 aromatic rings. The summed E-state index contributed by atoms with van der Waals surface area (Å²) in [6.45, 7) is 23.6. The summed E-state index contributed by atoms with van der Waals surface area (Å²) in [5.41, 5.74) is 7.56. The number of amidine groups is 1. The van der Waals surface area contributed by atoms with Crippen LogP contribution in [0.1, 0.15) is 74.8 Å². The van der Waals surface area contributed by atoms with Gasteiger partial charge < -0.3 is 16.4 Å². The van der Waals surface area contributed by atoms with Gasteiger partial charge in [0.15, 0.2) is 10.3 Å². The minimum Gasteiger partial charge on any atom is -0.376 e. The lowest BCUT2D eigenvalue weighted by atomic mass is 9.89. The summed E-state index contributed by atoms with van der Waals surface area (Å²) in [6, 6.07) is 8.06. The van der Waals surface area contributed by atoms with Gasteiger partial charge in [-0.15, -0.1) is 0 Å². The van der Waals surface area contributed by atoms with Gasteiger partial charge in [-0.3, -0.25) is 9.79 Å². The zero-order valence-electron chi connectivity index (χ0n) is 22.4. The highest BCUT2D eigenvalue weighted by molar-refractivity contribution is 8.15. The molecule has 1 aliphatic heterocycles. The van der Waals surface area contributed by atoms with E-state index >= 15 is 0 Å². The Morgan fingerprint density at radius 1 is 1.09 bits per heavy atom. The maximum atomic E-state index is 11.6. The number of thioether (sulfide) groups is 1. The molecule has 0 aliphatic carbocycles. The molecule has 0 radical (unpaired) electrons. The average Bonchev–Trinajstić information content (AvgIpc) is 3.04. The van der Waals surface area contributed by atoms with Gasteiger partial charge in [0.2, 0.25) is 5.91 Å². The van der Waals surface area contributed by atoms with Crippen LogP contribution in [0.5, 0.6) is 0 Å². The normalized spacial score (nSPS) is 17.8. The second-order valence-electron chi connectivity index (χ2n) is 10.5. The first-order valence-electron chi connectivity index (χ1n) is 11.7. The van der Waals surface area contributed by atoms with Crippen LogP contribution in [-0.2, 0) is 4.79 Å². The maximum absolute atomic E-state index is 11.6. The maximum Gasteiger partial charge on any atom is 0.239 e. The first-order valence-corrected chi connectivity index (χ1v) is 13.0. The van der Waals surface area contributed by atoms with Crippen LogP contribution in [0.4, 0.5) is 5.69 Å². The van der Waals surface area contributed by atoms with Crippen molar-refractivity contribution >= 4 is 45.9 Å². The number of aryl methyl sites for hydroxylation is 1. The van der Waals surface area contributed by atoms with Gasteiger partial charge in [0.25, 0.3) is 0 Å². The Morgan fingerprint density at radius 3 is 1.97 bits per heavy atom. The van der Waals surface area contributed by atoms with Gasteiger partial charge in [-0.05, 0) is 60.9 Å². The number of benzene rings is 1. The molecule has 5 nitrogen and oxygen atoms in total. The van der Waals surface area contributed by atoms with E-state index in [4.69, 9.17) is 18.0 Å². The van der Waals surface area contributed by atoms with Crippen LogP contribution in [0, 0.1) is 30.1 Å². The van der Waals surface area contributed by atoms with Gasteiger partial charge in [0, 0.05) is 5.69 Å². The summed E-state index contributed by atoms with van der Waals surface area (Å²) in [5.74, 6) is 2.15. The quantitative estimate of drug-likeness (QED) is 0.410. The molecule has 1 amide bonds. The van der Waals surface area contributed by atoms with Gasteiger partial charge in [0.05, 0.1) is 11.3 Å². The van der Waals surface area contributed by atoms with Crippen molar-refractivity contribution in [2.45, 2.75) is 87.5 Å². The fraction of sp³-hybridized carbons (Fsp3) is 0.654. The van der Waals surface area contributed by atoms with Crippen molar-refractivity contribution < 1.29 is 4.79 Å². The van der Waals surface area contributed by atoms with Crippen molar-refractivity contribution in [1.82, 2.24) is 5.32 Å². The highest BCUT2D eigenvalue weighted by atomic mass is 32.2. The molecule has 2 rings (SSSR count). The molecule has 1 aliphatic rings. The van der Waals surface area contributed by atoms with E-state index in [1.807, 2.05) is 31.2 Å². The number of hydrogen-bond acceptors (Lipinski definition) is 4. The fourth-order valence-electron chi connectivity index (χ4n) is 2.10. The molecular weight excluding hydrogens is 448 g/mol. The van der Waals surface area contributed by atoms with Gasteiger partial charge in [0.1, 0.15) is 0 Å². The van der Waals surface area contributed by atoms with Gasteiger partial charge in [-0.2, -0.15) is 0 Å². The second-order valence-corrected chi connectivity index (χ2v) is 12.1. The molecule has 188 valence electrons. The SMILES string of the molecule is CC(C)C(C)C.CC(C)C1SC(=NC(C)C(C)(C)C)NC1=O.Cc1ccccc1NC(N)=S. The first kappa shape index (κ1) is 31.4. The van der Waals surface area contributed by atoms with E-state index in [1.54, 1.807) is 11.8 Å². The standard InChI is InChI=1S/C12H22N2OS.C8H10N2S.C6H14/c1-7(2)9-10(15)14-11(16-9)13-8(3)12(4,5)6;1-6-4-2-3-5-7(6)10-8(9)11;1-5(2)6(3)4/h7-9H,1-6H3,(H,13,14,15);2-5H,1H3,(H3,9,10,11);5-6H,1-4H3. The Hall–Kier alpha value is -1.60. The van der Waals surface area contributed by atoms with Crippen molar-refractivity contribution in [3.63, 3.8) is 0 Å². The van der Waals surface area contributed by atoms with Crippen LogP contribution in [0.2, 0.25) is 0 Å². The Kier molecular flexibility index (Phi) is 13.9. The third kappa shape index (κ3) is 13.0. The van der Waals surface area contributed by atoms with E-state index in [-0.39, 0.29) is 22.6 Å². The zero-order chi connectivity index (χ0) is 25.9. The van der Waals surface area contributed by atoms with Crippen LogP contribution in [0.15, 0.2) is 29.3 Å². The molecule has 1 fully saturated rings. The summed E-state index contributed by atoms with van der Waals surface area (Å²) < 4.78 is 0. The monoisotopic (exact) mass is 494 g/mol. The smallest absolute Gasteiger partial charge is 0.239 e. The van der Waals surface area contributed by atoms with E-state index in [0.29, 0.717) is 11.0 Å². The number of amides is 1. The topological polar surface area (TPSA) is 79.5 Å². The van der Waals surface area contributed by atoms with Crippen molar-refractivity contribution in [3.05, 3.63) is 29.8 Å². The number of nitrogens with two attached hydrogens (primary N) is 1. The number of aliphatic imine (C=N–C) groups is 1. The summed E-state index contributed by atoms with van der Waals surface area (Å²) in [4.78, 5) is 16.2. The highest BCUT2D eigenvalue weighted by Crippen LogP contribution is 2.28. The Bertz CT molecular complexity index is 777. The number of carbonyl (C=O) groups excluding carboxylic acids is 1. The summed E-state index contributed by atoms with van der Waals surface area (Å²) in [7, 11) is 0. The van der Waals surface area contributed by atoms with E-state index in [1.165, 1.54) is 0 Å². The number of nitrogens with one attached hydrogen (secondary N) is 2. The number of rotatable bonds is 4. The molecule has 0 saturated carbocycles. The Morgan fingerprint density at radius 2 is 1.61 bits per heavy atom. The molecule has 0 aromatic heterocycles. The van der Waals surface area contributed by atoms with Crippen molar-refractivity contribution in [2.75, 3.05) is 5.32 Å². The van der Waals surface area contributed by atoms with Crippen LogP contribution in [-0.4, -0.2) is 27.5 Å². The van der Waals surface area contributed by atoms with E-state index in [9.17, 15) is 4.79 Å². The van der Waals surface area contributed by atoms with Crippen LogP contribution in [0.25, 0.3) is 0 Å². The second kappa shape index (κ2) is 14.6. The summed E-state index contributed by atoms with van der Waals surface area (Å²) >= 11 is 6.26. The predicted octanol–water partition coefficient (Wildman–Crippen LogP) is 6.61. The van der Waals surface area contributed by atoms with Crippen LogP contribution < -0.4 is 16.4 Å². The van der Waals surface area contributed by atoms with E-state index < -0.39 is 0 Å². The molecule has 0 bridgehead atoms. The Balaban J connectivity index is 0.000000520. The third-order valence-electron chi connectivity index (χ3n) is 5.63. The summed E-state index contributed by atoms with van der Waals surface area (Å²) in [5, 5.41) is 6.85. The number of para-hydroxylation sites is 1. The lowest BCUT2D eigenvalue weighted by Gasteiger charge is -2.23. The van der Waals surface area contributed by atoms with Gasteiger partial charge in [-0.25, -0.2) is 0 Å². The Labute approximate surface area is 212 Å². The number of hydrogen-bond donors (Lipinski definition) is 3. The van der Waals surface area contributed by atoms with Gasteiger partial charge in [-0.1, -0.05) is 92.3 Å². The molecular formula is C26H46N4OS2. The van der Waals surface area contributed by atoms with Crippen molar-refractivity contribution in [2.24, 2.45) is 33.9 Å². The lowest BCUT2D eigenvalue weighted by molar-refractivity contribution is -0.119. The van der Waals surface area contributed by atoms with E-state index in [2.05, 4.69) is 84.9 Å². The van der Waals surface area contributed by atoms with Crippen molar-refractivity contribution in [1.29, 1.82) is 0 Å². The summed E-state index contributed by atoms with van der Waals surface area (Å²) in [6.07, 6.45) is 0. The van der Waals surface area contributed by atoms with Crippen LogP contribution >= 0.6 is 24.0 Å². The molecule has 4 N–H and O–H groups in total. The molecule has 0 spiro atoms. The lowest BCUT2D eigenvalue weighted by Crippen LogP contribution is -2.29. The van der Waals surface area contributed by atoms with Crippen molar-refractivity contribution in [3.8, 4) is 0 Å². The minimum atomic E-state index is 0.0194. The van der Waals surface area contributed by atoms with Crippen LogP contribution in [0.3, 0.4) is 0 Å². The third-order valence-corrected chi connectivity index (χ3v) is 7.18. The number of carbonyl (C=O) groups is 1. The largest absolute Gasteiger partial charge is 0.376 e. The number of nitrogens with zero attached hydrogens (tertiary/aromatic N) is 1. The molecule has 2 atom stereocenters. The zero-order valence-corrected chi connectivity index (χ0v) is 24.1. The fourth-order valence-corrected chi connectivity index (χ4v) is 3.26. The number of anilines is 1. The molecule has 1 aromatic carbocycles. The first-order chi connectivity index (χ1) is 15.1. The van der Waals surface area contributed by atoms with E-state index in [0.717, 1.165) is 28.3 Å². The molecule has 1 heterocycles. The van der Waals surface area contributed by atoms with Gasteiger partial charge >= 0.3 is 0 Å². The number of thiocarbonyl (C=S) groups is 1. The predicted molar refractivity (Wildman–Crippen MR) is 152 cm³/mol. The highest BCUT2D eigenvalue weighted by Gasteiger charge is 2.33. The molecule has 1 saturated heterocycles. The minimum absolute atomic E-state index is 0.0194. The molecule has 2 unspecified atom stereocenters. The molecule has 33 heavy (non-hydrogen) atoms. The molecule has 7 heteroatoms. The average molecular weight is 495 g/mol.